The second-order valence-corrected chi connectivity index (χ2v) is 4.60. The molecule has 0 saturated carbocycles. The van der Waals surface area contributed by atoms with Gasteiger partial charge in [-0.15, -0.1) is 0 Å². The van der Waals surface area contributed by atoms with Gasteiger partial charge in [0.25, 0.3) is 5.91 Å². The predicted octanol–water partition coefficient (Wildman–Crippen LogP) is 0.790. The van der Waals surface area contributed by atoms with E-state index in [1.807, 2.05) is 6.92 Å². The van der Waals surface area contributed by atoms with E-state index in [0.29, 0.717) is 11.3 Å². The third-order valence-electron chi connectivity index (χ3n) is 3.06. The number of hydrogen-bond acceptors (Lipinski definition) is 4. The number of nitrogens with zero attached hydrogens (tertiary/aromatic N) is 3. The number of aromatic nitrogens is 3. The van der Waals surface area contributed by atoms with E-state index >= 15 is 0 Å². The largest absolute Gasteiger partial charge is 0.481 e. The molecule has 1 amide bonds. The molecular formula is C13H16N4O3. The van der Waals surface area contributed by atoms with Crippen LogP contribution in [0.4, 0.5) is 0 Å². The molecule has 0 bridgehead atoms. The molecule has 20 heavy (non-hydrogen) atoms. The first-order valence-corrected chi connectivity index (χ1v) is 6.21. The number of fused-ring (bicyclic) bond motifs is 1. The normalized spacial score (nSPS) is 10.8. The zero-order chi connectivity index (χ0) is 14.9. The zero-order valence-corrected chi connectivity index (χ0v) is 11.6. The minimum Gasteiger partial charge on any atom is -0.481 e. The van der Waals surface area contributed by atoms with Gasteiger partial charge in [0.1, 0.15) is 0 Å². The van der Waals surface area contributed by atoms with Gasteiger partial charge in [-0.3, -0.25) is 14.3 Å². The maximum atomic E-state index is 12.0. The molecule has 2 aromatic heterocycles. The van der Waals surface area contributed by atoms with Crippen molar-refractivity contribution in [3.8, 4) is 0 Å². The lowest BCUT2D eigenvalue weighted by atomic mass is 10.1. The first-order chi connectivity index (χ1) is 9.40. The van der Waals surface area contributed by atoms with Crippen LogP contribution in [0.15, 0.2) is 6.07 Å². The molecule has 0 atom stereocenters. The van der Waals surface area contributed by atoms with Gasteiger partial charge in [0.15, 0.2) is 5.65 Å². The Labute approximate surface area is 115 Å². The highest BCUT2D eigenvalue weighted by molar-refractivity contribution is 5.98. The van der Waals surface area contributed by atoms with Crippen molar-refractivity contribution in [3.05, 3.63) is 23.0 Å². The fourth-order valence-corrected chi connectivity index (χ4v) is 2.04. The van der Waals surface area contributed by atoms with Gasteiger partial charge in [-0.1, -0.05) is 0 Å². The molecule has 0 fully saturated rings. The van der Waals surface area contributed by atoms with E-state index in [9.17, 15) is 9.59 Å². The lowest BCUT2D eigenvalue weighted by molar-refractivity contribution is -0.136. The van der Waals surface area contributed by atoms with Crippen molar-refractivity contribution < 1.29 is 14.7 Å². The minimum absolute atomic E-state index is 0.0949. The van der Waals surface area contributed by atoms with Gasteiger partial charge in [0, 0.05) is 19.0 Å². The molecule has 2 rings (SSSR count). The molecule has 0 spiro atoms. The van der Waals surface area contributed by atoms with Crippen LogP contribution in [0, 0.1) is 13.8 Å². The first kappa shape index (κ1) is 14.0. The number of aliphatic carboxylic acids is 1. The number of nitrogens with one attached hydrogen (secondary N) is 1. The summed E-state index contributed by atoms with van der Waals surface area (Å²) in [7, 11) is 1.80. The van der Waals surface area contributed by atoms with Crippen molar-refractivity contribution in [2.45, 2.75) is 20.3 Å². The quantitative estimate of drug-likeness (QED) is 0.860. The lowest BCUT2D eigenvalue weighted by Crippen LogP contribution is -2.26. The molecule has 0 radical (unpaired) electrons. The number of pyridine rings is 1. The second kappa shape index (κ2) is 5.28. The van der Waals surface area contributed by atoms with Crippen LogP contribution in [0.25, 0.3) is 11.0 Å². The van der Waals surface area contributed by atoms with Gasteiger partial charge >= 0.3 is 5.97 Å². The molecule has 0 saturated heterocycles. The molecule has 0 aliphatic carbocycles. The Kier molecular flexibility index (Phi) is 3.69. The van der Waals surface area contributed by atoms with E-state index < -0.39 is 5.97 Å². The minimum atomic E-state index is -0.946. The smallest absolute Gasteiger partial charge is 0.305 e. The zero-order valence-electron chi connectivity index (χ0n) is 11.6. The monoisotopic (exact) mass is 276 g/mol. The molecule has 7 nitrogen and oxygen atoms in total. The van der Waals surface area contributed by atoms with Crippen LogP contribution in [0.5, 0.6) is 0 Å². The van der Waals surface area contributed by atoms with E-state index in [-0.39, 0.29) is 18.9 Å². The summed E-state index contributed by atoms with van der Waals surface area (Å²) in [6.07, 6.45) is -0.105. The van der Waals surface area contributed by atoms with Gasteiger partial charge in [0.2, 0.25) is 0 Å². The van der Waals surface area contributed by atoms with Crippen LogP contribution < -0.4 is 5.32 Å². The van der Waals surface area contributed by atoms with E-state index in [1.54, 1.807) is 24.7 Å². The first-order valence-electron chi connectivity index (χ1n) is 6.21. The third kappa shape index (κ3) is 2.61. The summed E-state index contributed by atoms with van der Waals surface area (Å²) in [4.78, 5) is 26.9. The molecule has 0 aliphatic rings. The van der Waals surface area contributed by atoms with Gasteiger partial charge < -0.3 is 10.4 Å². The Hall–Kier alpha value is -2.44. The summed E-state index contributed by atoms with van der Waals surface area (Å²) in [5, 5.41) is 16.2. The average molecular weight is 276 g/mol. The van der Waals surface area contributed by atoms with E-state index in [1.165, 1.54) is 0 Å². The molecular weight excluding hydrogens is 260 g/mol. The van der Waals surface area contributed by atoms with E-state index in [4.69, 9.17) is 5.11 Å². The number of carboxylic acid groups (broad SMARTS) is 1. The number of hydrogen-bond donors (Lipinski definition) is 2. The highest BCUT2D eigenvalue weighted by Crippen LogP contribution is 2.19. The summed E-state index contributed by atoms with van der Waals surface area (Å²) >= 11 is 0. The van der Waals surface area contributed by atoms with Crippen LogP contribution in [0.1, 0.15) is 28.2 Å². The molecule has 2 heterocycles. The molecule has 0 unspecified atom stereocenters. The van der Waals surface area contributed by atoms with Crippen LogP contribution in [0.3, 0.4) is 0 Å². The average Bonchev–Trinajstić information content (AvgIpc) is 2.63. The highest BCUT2D eigenvalue weighted by Gasteiger charge is 2.15. The Bertz CT molecular complexity index is 690. The van der Waals surface area contributed by atoms with Gasteiger partial charge in [-0.2, -0.15) is 5.10 Å². The summed E-state index contributed by atoms with van der Waals surface area (Å²) < 4.78 is 1.67. The highest BCUT2D eigenvalue weighted by atomic mass is 16.4. The standard InChI is InChI=1S/C13H16N4O3/c1-7-10(13(20)14-5-4-11(18)19)6-9-8(2)16-17(3)12(9)15-7/h6H,4-5H2,1-3H3,(H,14,20)(H,18,19). The van der Waals surface area contributed by atoms with Crippen molar-refractivity contribution in [1.29, 1.82) is 0 Å². The SMILES string of the molecule is Cc1nc2c(cc1C(=O)NCCC(=O)O)c(C)nn2C. The Balaban J connectivity index is 2.29. The van der Waals surface area contributed by atoms with Crippen LogP contribution >= 0.6 is 0 Å². The molecule has 0 aliphatic heterocycles. The van der Waals surface area contributed by atoms with Gasteiger partial charge in [0.05, 0.1) is 23.4 Å². The Morgan fingerprint density at radius 1 is 1.35 bits per heavy atom. The number of carboxylic acids is 1. The number of carbonyl (C=O) groups is 2. The molecule has 2 aromatic rings. The summed E-state index contributed by atoms with van der Waals surface area (Å²) in [6.45, 7) is 3.69. The molecule has 7 heteroatoms. The number of aryl methyl sites for hydroxylation is 3. The number of carbonyl (C=O) groups excluding carboxylic acids is 1. The van der Waals surface area contributed by atoms with Crippen molar-refractivity contribution in [2.24, 2.45) is 7.05 Å². The van der Waals surface area contributed by atoms with Gasteiger partial charge in [-0.25, -0.2) is 4.98 Å². The van der Waals surface area contributed by atoms with Crippen LogP contribution in [-0.4, -0.2) is 38.3 Å². The number of amides is 1. The summed E-state index contributed by atoms with van der Waals surface area (Å²) in [6, 6.07) is 1.75. The Morgan fingerprint density at radius 3 is 2.70 bits per heavy atom. The molecule has 106 valence electrons. The van der Waals surface area contributed by atoms with Gasteiger partial charge in [-0.05, 0) is 19.9 Å². The maximum absolute atomic E-state index is 12.0. The topological polar surface area (TPSA) is 97.1 Å². The lowest BCUT2D eigenvalue weighted by Gasteiger charge is -2.07. The van der Waals surface area contributed by atoms with Crippen molar-refractivity contribution >= 4 is 22.9 Å². The third-order valence-corrected chi connectivity index (χ3v) is 3.06. The van der Waals surface area contributed by atoms with Crippen molar-refractivity contribution in [2.75, 3.05) is 6.54 Å². The molecule has 0 aromatic carbocycles. The second-order valence-electron chi connectivity index (χ2n) is 4.60. The van der Waals surface area contributed by atoms with E-state index in [2.05, 4.69) is 15.4 Å². The fraction of sp³-hybridized carbons (Fsp3) is 0.385. The van der Waals surface area contributed by atoms with Crippen LogP contribution in [0.2, 0.25) is 0 Å². The summed E-state index contributed by atoms with van der Waals surface area (Å²) in [5.74, 6) is -1.26. The molecule has 2 N–H and O–H groups in total. The Morgan fingerprint density at radius 2 is 2.05 bits per heavy atom. The van der Waals surface area contributed by atoms with Crippen molar-refractivity contribution in [3.63, 3.8) is 0 Å². The summed E-state index contributed by atoms with van der Waals surface area (Å²) in [5.41, 5.74) is 2.56. The maximum Gasteiger partial charge on any atom is 0.305 e. The van der Waals surface area contributed by atoms with Crippen molar-refractivity contribution in [1.82, 2.24) is 20.1 Å². The predicted molar refractivity (Wildman–Crippen MR) is 72.6 cm³/mol. The van der Waals surface area contributed by atoms with Crippen LogP contribution in [-0.2, 0) is 11.8 Å². The number of rotatable bonds is 4. The fourth-order valence-electron chi connectivity index (χ4n) is 2.04. The van der Waals surface area contributed by atoms with E-state index in [0.717, 1.165) is 16.7 Å².